The molecule has 0 bridgehead atoms. The standard InChI is InChI=1S/C30H32F3N3O4S/c1-29(2,3)26(40-27(34)37)17-36(28-35-22-11-7-8-12-25(22)41-28)16-19-13-14-23(24(15-19)38-4)39-18-20-9-5-6-10-21(20)30(31,32)33/h5-15,26H,16-18H2,1-4H3,(H2,34,37). The van der Waals surface area contributed by atoms with E-state index in [-0.39, 0.29) is 12.2 Å². The van der Waals surface area contributed by atoms with Crippen LogP contribution in [-0.4, -0.2) is 30.8 Å². The molecule has 0 radical (unpaired) electrons. The average molecular weight is 588 g/mol. The zero-order chi connectivity index (χ0) is 29.8. The van der Waals surface area contributed by atoms with Crippen LogP contribution in [0.2, 0.25) is 0 Å². The molecule has 218 valence electrons. The number of alkyl halides is 3. The summed E-state index contributed by atoms with van der Waals surface area (Å²) in [6.45, 7) is 6.31. The minimum Gasteiger partial charge on any atom is -0.493 e. The van der Waals surface area contributed by atoms with Crippen molar-refractivity contribution in [2.24, 2.45) is 11.1 Å². The van der Waals surface area contributed by atoms with Gasteiger partial charge in [0.05, 0.1) is 29.4 Å². The van der Waals surface area contributed by atoms with Crippen molar-refractivity contribution < 1.29 is 32.2 Å². The van der Waals surface area contributed by atoms with Crippen molar-refractivity contribution in [2.45, 2.75) is 46.2 Å². The van der Waals surface area contributed by atoms with Gasteiger partial charge < -0.3 is 24.8 Å². The summed E-state index contributed by atoms with van der Waals surface area (Å²) in [4.78, 5) is 18.5. The highest BCUT2D eigenvalue weighted by atomic mass is 32.1. The molecule has 1 aromatic heterocycles. The molecule has 4 rings (SSSR count). The van der Waals surface area contributed by atoms with E-state index in [4.69, 9.17) is 24.9 Å². The Kier molecular flexibility index (Phi) is 8.96. The van der Waals surface area contributed by atoms with Crippen molar-refractivity contribution >= 4 is 32.8 Å². The lowest BCUT2D eigenvalue weighted by Gasteiger charge is -2.34. The van der Waals surface area contributed by atoms with Gasteiger partial charge in [0.15, 0.2) is 16.6 Å². The Morgan fingerprint density at radius 1 is 1.02 bits per heavy atom. The van der Waals surface area contributed by atoms with Gasteiger partial charge in [-0.05, 0) is 35.9 Å². The summed E-state index contributed by atoms with van der Waals surface area (Å²) in [6, 6.07) is 18.3. The predicted molar refractivity (Wildman–Crippen MR) is 153 cm³/mol. The minimum atomic E-state index is -4.48. The number of halogens is 3. The Labute approximate surface area is 240 Å². The van der Waals surface area contributed by atoms with Crippen LogP contribution >= 0.6 is 11.3 Å². The van der Waals surface area contributed by atoms with E-state index in [0.717, 1.165) is 27.0 Å². The number of hydrogen-bond donors (Lipinski definition) is 1. The van der Waals surface area contributed by atoms with Crippen molar-refractivity contribution in [1.29, 1.82) is 0 Å². The highest BCUT2D eigenvalue weighted by Crippen LogP contribution is 2.36. The molecule has 1 heterocycles. The molecule has 1 unspecified atom stereocenters. The molecule has 4 aromatic rings. The van der Waals surface area contributed by atoms with E-state index in [9.17, 15) is 18.0 Å². The average Bonchev–Trinajstić information content (AvgIpc) is 3.34. The highest BCUT2D eigenvalue weighted by molar-refractivity contribution is 7.22. The van der Waals surface area contributed by atoms with Crippen LogP contribution in [0.4, 0.5) is 23.1 Å². The Bertz CT molecular complexity index is 1470. The lowest BCUT2D eigenvalue weighted by molar-refractivity contribution is -0.138. The van der Waals surface area contributed by atoms with Crippen LogP contribution in [0.3, 0.4) is 0 Å². The molecular formula is C30H32F3N3O4S. The largest absolute Gasteiger partial charge is 0.493 e. The Balaban J connectivity index is 1.61. The van der Waals surface area contributed by atoms with E-state index >= 15 is 0 Å². The van der Waals surface area contributed by atoms with E-state index in [1.165, 1.54) is 36.6 Å². The molecule has 41 heavy (non-hydrogen) atoms. The quantitative estimate of drug-likeness (QED) is 0.208. The number of methoxy groups -OCH3 is 1. The second-order valence-electron chi connectivity index (χ2n) is 10.6. The normalized spacial score (nSPS) is 12.7. The lowest BCUT2D eigenvalue weighted by atomic mass is 9.88. The van der Waals surface area contributed by atoms with E-state index < -0.39 is 29.4 Å². The number of benzene rings is 3. The fraction of sp³-hybridized carbons (Fsp3) is 0.333. The summed E-state index contributed by atoms with van der Waals surface area (Å²) < 4.78 is 58.0. The SMILES string of the molecule is COc1cc(CN(CC(OC(N)=O)C(C)(C)C)c2nc3ccccc3s2)ccc1OCc1ccccc1C(F)(F)F. The molecule has 1 amide bonds. The second kappa shape index (κ2) is 12.3. The molecule has 0 aliphatic rings. The van der Waals surface area contributed by atoms with Gasteiger partial charge in [0.1, 0.15) is 12.7 Å². The molecule has 0 saturated carbocycles. The maximum Gasteiger partial charge on any atom is 0.416 e. The number of aromatic nitrogens is 1. The fourth-order valence-corrected chi connectivity index (χ4v) is 5.24. The number of hydrogen-bond acceptors (Lipinski definition) is 7. The van der Waals surface area contributed by atoms with Crippen LogP contribution in [0.25, 0.3) is 10.2 Å². The first-order valence-corrected chi connectivity index (χ1v) is 13.7. The summed E-state index contributed by atoms with van der Waals surface area (Å²) in [5.74, 6) is 0.682. The van der Waals surface area contributed by atoms with Crippen LogP contribution in [0.15, 0.2) is 66.7 Å². The topological polar surface area (TPSA) is 86.9 Å². The highest BCUT2D eigenvalue weighted by Gasteiger charge is 2.33. The summed E-state index contributed by atoms with van der Waals surface area (Å²) in [5, 5.41) is 0.733. The molecule has 0 fully saturated rings. The minimum absolute atomic E-state index is 0.0239. The van der Waals surface area contributed by atoms with Gasteiger partial charge in [-0.2, -0.15) is 13.2 Å². The Hall–Kier alpha value is -3.99. The van der Waals surface area contributed by atoms with Crippen LogP contribution in [0, 0.1) is 5.41 Å². The molecule has 11 heteroatoms. The number of rotatable bonds is 10. The van der Waals surface area contributed by atoms with Gasteiger partial charge in [-0.25, -0.2) is 9.78 Å². The third kappa shape index (κ3) is 7.60. The number of para-hydroxylation sites is 1. The van der Waals surface area contributed by atoms with Crippen molar-refractivity contribution in [3.05, 3.63) is 83.4 Å². The van der Waals surface area contributed by atoms with Gasteiger partial charge in [-0.1, -0.05) is 68.5 Å². The van der Waals surface area contributed by atoms with Gasteiger partial charge >= 0.3 is 12.3 Å². The second-order valence-corrected chi connectivity index (χ2v) is 11.6. The van der Waals surface area contributed by atoms with Crippen molar-refractivity contribution in [3.63, 3.8) is 0 Å². The Morgan fingerprint density at radius 2 is 1.73 bits per heavy atom. The van der Waals surface area contributed by atoms with Crippen molar-refractivity contribution in [2.75, 3.05) is 18.6 Å². The van der Waals surface area contributed by atoms with Crippen LogP contribution in [0.1, 0.15) is 37.5 Å². The molecule has 1 atom stereocenters. The van der Waals surface area contributed by atoms with E-state index in [1.54, 1.807) is 12.1 Å². The first kappa shape index (κ1) is 30.0. The summed E-state index contributed by atoms with van der Waals surface area (Å²) in [5.41, 5.74) is 5.94. The van der Waals surface area contributed by atoms with Gasteiger partial charge in [0.2, 0.25) is 0 Å². The first-order chi connectivity index (χ1) is 19.3. The maximum absolute atomic E-state index is 13.4. The fourth-order valence-electron chi connectivity index (χ4n) is 4.26. The monoisotopic (exact) mass is 587 g/mol. The van der Waals surface area contributed by atoms with Crippen LogP contribution in [-0.2, 0) is 24.1 Å². The van der Waals surface area contributed by atoms with Crippen LogP contribution in [0.5, 0.6) is 11.5 Å². The van der Waals surface area contributed by atoms with E-state index in [2.05, 4.69) is 0 Å². The third-order valence-electron chi connectivity index (χ3n) is 6.47. The van der Waals surface area contributed by atoms with Gasteiger partial charge in [0, 0.05) is 17.5 Å². The molecule has 3 aromatic carbocycles. The maximum atomic E-state index is 13.4. The smallest absolute Gasteiger partial charge is 0.416 e. The summed E-state index contributed by atoms with van der Waals surface area (Å²) in [6.07, 6.45) is -5.88. The van der Waals surface area contributed by atoms with Crippen LogP contribution < -0.4 is 20.1 Å². The van der Waals surface area contributed by atoms with Gasteiger partial charge in [-0.15, -0.1) is 0 Å². The zero-order valence-electron chi connectivity index (χ0n) is 23.2. The number of carbonyl (C=O) groups is 1. The molecular weight excluding hydrogens is 555 g/mol. The molecule has 0 saturated heterocycles. The molecule has 0 spiro atoms. The summed E-state index contributed by atoms with van der Waals surface area (Å²) >= 11 is 1.51. The number of nitrogens with zero attached hydrogens (tertiary/aromatic N) is 2. The lowest BCUT2D eigenvalue weighted by Crippen LogP contribution is -2.43. The predicted octanol–water partition coefficient (Wildman–Crippen LogP) is 7.42. The van der Waals surface area contributed by atoms with Gasteiger partial charge in [0.25, 0.3) is 0 Å². The number of primary amides is 1. The number of fused-ring (bicyclic) bond motifs is 1. The number of nitrogens with two attached hydrogens (primary N) is 1. The van der Waals surface area contributed by atoms with E-state index in [0.29, 0.717) is 24.6 Å². The molecule has 0 aliphatic heterocycles. The Morgan fingerprint density at radius 3 is 2.39 bits per heavy atom. The first-order valence-electron chi connectivity index (χ1n) is 12.9. The number of thiazole rings is 1. The van der Waals surface area contributed by atoms with Gasteiger partial charge in [-0.3, -0.25) is 0 Å². The molecule has 0 aliphatic carbocycles. The van der Waals surface area contributed by atoms with E-state index in [1.807, 2.05) is 56.0 Å². The number of amides is 1. The van der Waals surface area contributed by atoms with Crippen molar-refractivity contribution in [1.82, 2.24) is 4.98 Å². The van der Waals surface area contributed by atoms with Crippen molar-refractivity contribution in [3.8, 4) is 11.5 Å². The number of anilines is 1. The summed E-state index contributed by atoms with van der Waals surface area (Å²) in [7, 11) is 1.47. The number of ether oxygens (including phenoxy) is 3. The number of carbonyl (C=O) groups excluding carboxylic acids is 1. The third-order valence-corrected chi connectivity index (χ3v) is 7.57. The molecule has 7 nitrogen and oxygen atoms in total. The zero-order valence-corrected chi connectivity index (χ0v) is 24.0. The molecule has 2 N–H and O–H groups in total.